The van der Waals surface area contributed by atoms with E-state index in [1.54, 1.807) is 4.90 Å². The highest BCUT2D eigenvalue weighted by Gasteiger charge is 2.51. The van der Waals surface area contributed by atoms with Crippen LogP contribution in [-0.4, -0.2) is 39.6 Å². The Bertz CT molecular complexity index is 485. The summed E-state index contributed by atoms with van der Waals surface area (Å²) in [7, 11) is 0. The van der Waals surface area contributed by atoms with Crippen LogP contribution in [-0.2, 0) is 0 Å². The van der Waals surface area contributed by atoms with Crippen LogP contribution in [0.25, 0.3) is 0 Å². The van der Waals surface area contributed by atoms with Crippen LogP contribution in [0.1, 0.15) is 23.2 Å². The van der Waals surface area contributed by atoms with Gasteiger partial charge in [-0.1, -0.05) is 0 Å². The van der Waals surface area contributed by atoms with Gasteiger partial charge in [-0.15, -0.1) is 0 Å². The molecule has 1 aromatic rings. The van der Waals surface area contributed by atoms with E-state index in [4.69, 9.17) is 5.73 Å². The lowest BCUT2D eigenvalue weighted by atomic mass is 9.85. The van der Waals surface area contributed by atoms with Crippen molar-refractivity contribution >= 4 is 5.91 Å². The van der Waals surface area contributed by atoms with Gasteiger partial charge >= 0.3 is 0 Å². The summed E-state index contributed by atoms with van der Waals surface area (Å²) in [4.78, 5) is 13.8. The molecule has 0 bridgehead atoms. The van der Waals surface area contributed by atoms with Gasteiger partial charge in [-0.25, -0.2) is 0 Å². The molecule has 4 N–H and O–H groups in total. The molecule has 1 aliphatic heterocycles. The highest BCUT2D eigenvalue weighted by molar-refractivity contribution is 5.95. The van der Waals surface area contributed by atoms with Gasteiger partial charge < -0.3 is 20.8 Å². The number of hydrogen-bond donors (Lipinski definition) is 3. The van der Waals surface area contributed by atoms with Gasteiger partial charge in [0.25, 0.3) is 5.91 Å². The second-order valence-electron chi connectivity index (χ2n) is 5.41. The zero-order valence-electron chi connectivity index (χ0n) is 9.97. The highest BCUT2D eigenvalue weighted by Crippen LogP contribution is 2.43. The number of phenolic OH excluding ortho intramolecular Hbond substituents is 2. The first kappa shape index (κ1) is 11.3. The predicted molar refractivity (Wildman–Crippen MR) is 65.3 cm³/mol. The van der Waals surface area contributed by atoms with E-state index in [1.165, 1.54) is 18.2 Å². The Hall–Kier alpha value is -1.75. The Morgan fingerprint density at radius 1 is 1.22 bits per heavy atom. The Morgan fingerprint density at radius 3 is 2.28 bits per heavy atom. The van der Waals surface area contributed by atoms with E-state index < -0.39 is 0 Å². The van der Waals surface area contributed by atoms with E-state index in [0.29, 0.717) is 24.6 Å². The van der Waals surface area contributed by atoms with E-state index in [0.717, 1.165) is 12.8 Å². The molecule has 5 heteroatoms. The number of amides is 1. The van der Waals surface area contributed by atoms with Crippen molar-refractivity contribution in [1.82, 2.24) is 4.90 Å². The Kier molecular flexibility index (Phi) is 2.28. The fourth-order valence-corrected chi connectivity index (χ4v) is 2.63. The lowest BCUT2D eigenvalue weighted by Gasteiger charge is -2.48. The minimum Gasteiger partial charge on any atom is -0.508 e. The number of benzene rings is 1. The molecular weight excluding hydrogens is 232 g/mol. The lowest BCUT2D eigenvalue weighted by Crippen LogP contribution is -2.69. The molecule has 0 aromatic heterocycles. The van der Waals surface area contributed by atoms with Gasteiger partial charge in [0.2, 0.25) is 0 Å². The topological polar surface area (TPSA) is 86.8 Å². The largest absolute Gasteiger partial charge is 0.508 e. The van der Waals surface area contributed by atoms with Gasteiger partial charge in [0.15, 0.2) is 0 Å². The summed E-state index contributed by atoms with van der Waals surface area (Å²) in [5.74, 6) is 0.141. The molecule has 1 aromatic carbocycles. The maximum Gasteiger partial charge on any atom is 0.254 e. The van der Waals surface area contributed by atoms with Crippen LogP contribution in [0.4, 0.5) is 0 Å². The van der Waals surface area contributed by atoms with Crippen molar-refractivity contribution in [3.63, 3.8) is 0 Å². The minimum absolute atomic E-state index is 0.111. The van der Waals surface area contributed by atoms with Crippen LogP contribution in [0.15, 0.2) is 18.2 Å². The van der Waals surface area contributed by atoms with Crippen molar-refractivity contribution in [1.29, 1.82) is 0 Å². The third kappa shape index (κ3) is 1.80. The van der Waals surface area contributed by atoms with Crippen LogP contribution in [0.3, 0.4) is 0 Å². The van der Waals surface area contributed by atoms with E-state index in [-0.39, 0.29) is 22.9 Å². The maximum atomic E-state index is 12.1. The van der Waals surface area contributed by atoms with Crippen molar-refractivity contribution in [3.8, 4) is 11.5 Å². The van der Waals surface area contributed by atoms with Crippen molar-refractivity contribution in [2.24, 2.45) is 11.7 Å². The molecule has 1 saturated carbocycles. The molecule has 3 rings (SSSR count). The molecule has 0 spiro atoms. The molecule has 1 amide bonds. The fourth-order valence-electron chi connectivity index (χ4n) is 2.63. The summed E-state index contributed by atoms with van der Waals surface area (Å²) >= 11 is 0. The smallest absolute Gasteiger partial charge is 0.254 e. The Morgan fingerprint density at radius 2 is 1.78 bits per heavy atom. The number of aromatic hydroxyl groups is 2. The second kappa shape index (κ2) is 3.62. The third-order valence-electron chi connectivity index (χ3n) is 3.80. The van der Waals surface area contributed by atoms with Crippen LogP contribution < -0.4 is 5.73 Å². The molecule has 0 radical (unpaired) electrons. The molecule has 96 valence electrons. The van der Waals surface area contributed by atoms with Crippen LogP contribution in [0.2, 0.25) is 0 Å². The average molecular weight is 248 g/mol. The van der Waals surface area contributed by atoms with Crippen LogP contribution in [0.5, 0.6) is 11.5 Å². The summed E-state index contributed by atoms with van der Waals surface area (Å²) in [6.07, 6.45) is 2.32. The summed E-state index contributed by atoms with van der Waals surface area (Å²) < 4.78 is 0. The number of carbonyl (C=O) groups is 1. The van der Waals surface area contributed by atoms with Crippen LogP contribution >= 0.6 is 0 Å². The normalized spacial score (nSPS) is 21.5. The van der Waals surface area contributed by atoms with Gasteiger partial charge in [-0.05, 0) is 30.9 Å². The maximum absolute atomic E-state index is 12.1. The van der Waals surface area contributed by atoms with Crippen molar-refractivity contribution in [2.75, 3.05) is 13.1 Å². The monoisotopic (exact) mass is 248 g/mol. The Labute approximate surface area is 105 Å². The highest BCUT2D eigenvalue weighted by atomic mass is 16.3. The summed E-state index contributed by atoms with van der Waals surface area (Å²) in [5, 5.41) is 18.7. The first-order chi connectivity index (χ1) is 8.48. The zero-order chi connectivity index (χ0) is 12.9. The predicted octanol–water partition coefficient (Wildman–Crippen LogP) is 0.661. The number of nitrogens with zero attached hydrogens (tertiary/aromatic N) is 1. The zero-order valence-corrected chi connectivity index (χ0v) is 9.97. The SMILES string of the molecule is NC1(C2CC2)CN(C(=O)c2cc(O)cc(O)c2)C1. The molecule has 0 unspecified atom stereocenters. The van der Waals surface area contributed by atoms with Crippen LogP contribution in [0, 0.1) is 5.92 Å². The van der Waals surface area contributed by atoms with Crippen molar-refractivity contribution < 1.29 is 15.0 Å². The first-order valence-corrected chi connectivity index (χ1v) is 6.09. The number of likely N-dealkylation sites (tertiary alicyclic amines) is 1. The summed E-state index contributed by atoms with van der Waals surface area (Å²) in [5.41, 5.74) is 6.26. The van der Waals surface area contributed by atoms with Gasteiger partial charge in [0, 0.05) is 24.7 Å². The first-order valence-electron chi connectivity index (χ1n) is 6.09. The minimum atomic E-state index is -0.214. The number of phenols is 2. The van der Waals surface area contributed by atoms with Gasteiger partial charge in [-0.2, -0.15) is 0 Å². The molecule has 1 aliphatic carbocycles. The number of nitrogens with two attached hydrogens (primary N) is 1. The molecule has 1 heterocycles. The Balaban J connectivity index is 1.72. The summed E-state index contributed by atoms with van der Waals surface area (Å²) in [6.45, 7) is 1.12. The fraction of sp³-hybridized carbons (Fsp3) is 0.462. The quantitative estimate of drug-likeness (QED) is 0.717. The molecule has 18 heavy (non-hydrogen) atoms. The second-order valence-corrected chi connectivity index (χ2v) is 5.41. The summed E-state index contributed by atoms with van der Waals surface area (Å²) in [6, 6.07) is 3.91. The molecule has 2 fully saturated rings. The average Bonchev–Trinajstić information content (AvgIpc) is 3.06. The van der Waals surface area contributed by atoms with E-state index in [2.05, 4.69) is 0 Å². The molecule has 0 atom stereocenters. The third-order valence-corrected chi connectivity index (χ3v) is 3.80. The molecular formula is C13H16N2O3. The number of hydrogen-bond acceptors (Lipinski definition) is 4. The number of carbonyl (C=O) groups excluding carboxylic acids is 1. The molecule has 1 saturated heterocycles. The van der Waals surface area contributed by atoms with E-state index in [9.17, 15) is 15.0 Å². The number of rotatable bonds is 2. The van der Waals surface area contributed by atoms with E-state index >= 15 is 0 Å². The molecule has 2 aliphatic rings. The van der Waals surface area contributed by atoms with E-state index in [1.807, 2.05) is 0 Å². The van der Waals surface area contributed by atoms with Crippen molar-refractivity contribution in [2.45, 2.75) is 18.4 Å². The standard InChI is InChI=1S/C13H16N2O3/c14-13(9-1-2-9)6-15(7-13)12(18)8-3-10(16)5-11(17)4-8/h3-5,9,16-17H,1-2,6-7,14H2. The van der Waals surface area contributed by atoms with Gasteiger partial charge in [0.05, 0.1) is 5.54 Å². The van der Waals surface area contributed by atoms with Crippen molar-refractivity contribution in [3.05, 3.63) is 23.8 Å². The molecule has 5 nitrogen and oxygen atoms in total. The lowest BCUT2D eigenvalue weighted by molar-refractivity contribution is 0.0350. The van der Waals surface area contributed by atoms with Gasteiger partial charge in [-0.3, -0.25) is 4.79 Å². The van der Waals surface area contributed by atoms with Gasteiger partial charge in [0.1, 0.15) is 11.5 Å².